The van der Waals surface area contributed by atoms with Gasteiger partial charge in [0, 0.05) is 0 Å². The second kappa shape index (κ2) is 4.71. The van der Waals surface area contributed by atoms with Crippen LogP contribution in [-0.2, 0) is 16.2 Å². The summed E-state index contributed by atoms with van der Waals surface area (Å²) in [5.41, 5.74) is -1.66. The van der Waals surface area contributed by atoms with Crippen molar-refractivity contribution >= 4 is 15.7 Å². The molecular weight excluding hydrogens is 299 g/mol. The Hall–Kier alpha value is -2.23. The van der Waals surface area contributed by atoms with E-state index in [0.717, 1.165) is 18.6 Å². The highest BCUT2D eigenvalue weighted by atomic mass is 32.2. The Bertz CT molecular complexity index is 711. The molecule has 6 nitrogen and oxygen atoms in total. The number of anilines is 1. The monoisotopic (exact) mass is 307 g/mol. The van der Waals surface area contributed by atoms with Gasteiger partial charge in [0.25, 0.3) is 10.0 Å². The minimum Gasteiger partial charge on any atom is -0.506 e. The highest BCUT2D eigenvalue weighted by Gasteiger charge is 2.31. The number of alkyl halides is 3. The van der Waals surface area contributed by atoms with E-state index in [9.17, 15) is 26.7 Å². The van der Waals surface area contributed by atoms with E-state index < -0.39 is 33.2 Å². The van der Waals surface area contributed by atoms with Gasteiger partial charge in [0.15, 0.2) is 5.03 Å². The fourth-order valence-electron chi connectivity index (χ4n) is 1.38. The molecule has 0 saturated heterocycles. The molecule has 0 aliphatic carbocycles. The van der Waals surface area contributed by atoms with Gasteiger partial charge in [0.1, 0.15) is 5.75 Å². The summed E-state index contributed by atoms with van der Waals surface area (Å²) >= 11 is 0. The van der Waals surface area contributed by atoms with E-state index in [2.05, 4.69) is 9.97 Å². The number of hydrogen-bond donors (Lipinski definition) is 3. The summed E-state index contributed by atoms with van der Waals surface area (Å²) in [5.74, 6) is -0.624. The van der Waals surface area contributed by atoms with Crippen LogP contribution in [0.2, 0.25) is 0 Å². The fourth-order valence-corrected chi connectivity index (χ4v) is 2.35. The van der Waals surface area contributed by atoms with E-state index in [1.807, 2.05) is 4.72 Å². The smallest absolute Gasteiger partial charge is 0.416 e. The topological polar surface area (TPSA) is 95.1 Å². The molecule has 0 fully saturated rings. The lowest BCUT2D eigenvalue weighted by molar-refractivity contribution is -0.137. The lowest BCUT2D eigenvalue weighted by Crippen LogP contribution is -2.14. The number of phenols is 1. The molecule has 0 unspecified atom stereocenters. The van der Waals surface area contributed by atoms with E-state index in [-0.39, 0.29) is 5.03 Å². The van der Waals surface area contributed by atoms with E-state index in [4.69, 9.17) is 0 Å². The molecule has 0 bridgehead atoms. The van der Waals surface area contributed by atoms with Gasteiger partial charge < -0.3 is 10.1 Å². The normalized spacial score (nSPS) is 12.3. The molecule has 0 aliphatic rings. The maximum absolute atomic E-state index is 12.5. The van der Waals surface area contributed by atoms with Gasteiger partial charge in [0.2, 0.25) is 0 Å². The van der Waals surface area contributed by atoms with Crippen molar-refractivity contribution in [3.05, 3.63) is 36.3 Å². The van der Waals surface area contributed by atoms with Crippen LogP contribution in [0.1, 0.15) is 5.56 Å². The number of imidazole rings is 1. The molecule has 20 heavy (non-hydrogen) atoms. The summed E-state index contributed by atoms with van der Waals surface area (Å²) in [6.07, 6.45) is -2.57. The van der Waals surface area contributed by atoms with Crippen molar-refractivity contribution in [1.29, 1.82) is 0 Å². The second-order valence-corrected chi connectivity index (χ2v) is 5.40. The molecular formula is C10H8F3N3O3S. The van der Waals surface area contributed by atoms with Gasteiger partial charge in [-0.05, 0) is 18.2 Å². The number of sulfonamides is 1. The summed E-state index contributed by atoms with van der Waals surface area (Å²) in [5, 5.41) is 9.10. The first-order valence-electron chi connectivity index (χ1n) is 5.11. The number of nitrogens with zero attached hydrogens (tertiary/aromatic N) is 1. The number of aromatic nitrogens is 2. The van der Waals surface area contributed by atoms with Crippen molar-refractivity contribution in [2.75, 3.05) is 4.72 Å². The van der Waals surface area contributed by atoms with Crippen molar-refractivity contribution < 1.29 is 26.7 Å². The zero-order valence-electron chi connectivity index (χ0n) is 9.64. The number of aromatic amines is 1. The number of rotatable bonds is 3. The number of nitrogens with one attached hydrogen (secondary N) is 2. The molecule has 1 aromatic heterocycles. The fraction of sp³-hybridized carbons (Fsp3) is 0.100. The Labute approximate surface area is 111 Å². The van der Waals surface area contributed by atoms with Crippen molar-refractivity contribution in [1.82, 2.24) is 9.97 Å². The summed E-state index contributed by atoms with van der Waals surface area (Å²) in [4.78, 5) is 5.79. The van der Waals surface area contributed by atoms with Crippen LogP contribution in [0.15, 0.2) is 35.7 Å². The van der Waals surface area contributed by atoms with E-state index in [1.165, 1.54) is 0 Å². The van der Waals surface area contributed by atoms with Crippen LogP contribution in [0.25, 0.3) is 0 Å². The number of H-pyrrole nitrogens is 1. The van der Waals surface area contributed by atoms with Gasteiger partial charge in [-0.1, -0.05) is 0 Å². The van der Waals surface area contributed by atoms with Crippen LogP contribution >= 0.6 is 0 Å². The van der Waals surface area contributed by atoms with Crippen LogP contribution in [0.4, 0.5) is 18.9 Å². The van der Waals surface area contributed by atoms with Crippen LogP contribution in [0, 0.1) is 0 Å². The third kappa shape index (κ3) is 2.85. The largest absolute Gasteiger partial charge is 0.506 e. The maximum atomic E-state index is 12.5. The highest BCUT2D eigenvalue weighted by Crippen LogP contribution is 2.35. The quantitative estimate of drug-likeness (QED) is 0.755. The molecule has 2 rings (SSSR count). The predicted octanol–water partition coefficient (Wildman–Crippen LogP) is 1.93. The van der Waals surface area contributed by atoms with Crippen LogP contribution in [0.5, 0.6) is 5.75 Å². The summed E-state index contributed by atoms with van der Waals surface area (Å²) in [6.45, 7) is 0. The summed E-state index contributed by atoms with van der Waals surface area (Å²) in [6, 6.07) is 1.90. The van der Waals surface area contributed by atoms with E-state index in [1.54, 1.807) is 0 Å². The molecule has 1 aromatic carbocycles. The molecule has 2 aromatic rings. The van der Waals surface area contributed by atoms with E-state index in [0.29, 0.717) is 12.1 Å². The Balaban J connectivity index is 2.39. The van der Waals surface area contributed by atoms with Crippen LogP contribution in [-0.4, -0.2) is 23.5 Å². The maximum Gasteiger partial charge on any atom is 0.416 e. The third-order valence-electron chi connectivity index (χ3n) is 2.33. The zero-order valence-corrected chi connectivity index (χ0v) is 10.5. The molecule has 10 heteroatoms. The number of halogens is 3. The third-order valence-corrected chi connectivity index (χ3v) is 3.62. The molecule has 0 spiro atoms. The standard InChI is InChI=1S/C10H8F3N3O3S/c11-10(12,13)6-1-2-8(17)7(3-6)16-20(18,19)9-4-14-5-15-9/h1-5,16-17H,(H,14,15). The SMILES string of the molecule is O=S(=O)(Nc1cc(C(F)(F)F)ccc1O)c1cnc[nH]1. The van der Waals surface area contributed by atoms with Gasteiger partial charge >= 0.3 is 6.18 Å². The average Bonchev–Trinajstić information content (AvgIpc) is 2.84. The molecule has 0 amide bonds. The molecule has 0 aliphatic heterocycles. The van der Waals surface area contributed by atoms with Crippen molar-refractivity contribution in [2.24, 2.45) is 0 Å². The lowest BCUT2D eigenvalue weighted by atomic mass is 10.2. The Morgan fingerprint density at radius 3 is 2.55 bits per heavy atom. The van der Waals surface area contributed by atoms with Gasteiger partial charge in [-0.3, -0.25) is 4.72 Å². The average molecular weight is 307 g/mol. The lowest BCUT2D eigenvalue weighted by Gasteiger charge is -2.12. The zero-order chi connectivity index (χ0) is 15.0. The number of benzene rings is 1. The minimum atomic E-state index is -4.65. The number of phenolic OH excluding ortho intramolecular Hbond substituents is 1. The predicted molar refractivity (Wildman–Crippen MR) is 62.5 cm³/mol. The number of aromatic hydroxyl groups is 1. The van der Waals surface area contributed by atoms with Crippen LogP contribution in [0.3, 0.4) is 0 Å². The Morgan fingerprint density at radius 1 is 1.30 bits per heavy atom. The molecule has 0 atom stereocenters. The van der Waals surface area contributed by atoms with Crippen molar-refractivity contribution in [3.8, 4) is 5.75 Å². The Kier molecular flexibility index (Phi) is 3.34. The van der Waals surface area contributed by atoms with Crippen LogP contribution < -0.4 is 4.72 Å². The minimum absolute atomic E-state index is 0.339. The highest BCUT2D eigenvalue weighted by molar-refractivity contribution is 7.92. The van der Waals surface area contributed by atoms with Crippen molar-refractivity contribution in [3.63, 3.8) is 0 Å². The molecule has 1 heterocycles. The van der Waals surface area contributed by atoms with E-state index >= 15 is 0 Å². The summed E-state index contributed by atoms with van der Waals surface area (Å²) in [7, 11) is -4.15. The summed E-state index contributed by atoms with van der Waals surface area (Å²) < 4.78 is 63.0. The van der Waals surface area contributed by atoms with Gasteiger partial charge in [0.05, 0.1) is 23.8 Å². The molecule has 0 radical (unpaired) electrons. The molecule has 108 valence electrons. The first-order valence-corrected chi connectivity index (χ1v) is 6.60. The Morgan fingerprint density at radius 2 is 2.00 bits per heavy atom. The molecule has 3 N–H and O–H groups in total. The van der Waals surface area contributed by atoms with Gasteiger partial charge in [-0.2, -0.15) is 21.6 Å². The first kappa shape index (κ1) is 14.2. The van der Waals surface area contributed by atoms with Gasteiger partial charge in [-0.25, -0.2) is 4.98 Å². The van der Waals surface area contributed by atoms with Gasteiger partial charge in [-0.15, -0.1) is 0 Å². The number of hydrogen-bond acceptors (Lipinski definition) is 4. The first-order chi connectivity index (χ1) is 9.20. The van der Waals surface area contributed by atoms with Crippen molar-refractivity contribution in [2.45, 2.75) is 11.2 Å². The molecule has 0 saturated carbocycles. The second-order valence-electron chi connectivity index (χ2n) is 3.75.